The number of benzene rings is 1. The highest BCUT2D eigenvalue weighted by Gasteiger charge is 2.16. The second kappa shape index (κ2) is 8.14. The number of methoxy groups -OCH3 is 1. The van der Waals surface area contributed by atoms with Crippen molar-refractivity contribution in [2.24, 2.45) is 0 Å². The Balaban J connectivity index is 1.54. The standard InChI is InChI=1S/C20H15FN2O4S2/c1-26-15-5-4-13(21)7-12(15)9-27-17(24)8-23-11-22-19-18(20(23)25)14(10-29-19)16-3-2-6-28-16/h2-7,10-11H,8-9H2,1H3. The van der Waals surface area contributed by atoms with E-state index < -0.39 is 11.8 Å². The van der Waals surface area contributed by atoms with Gasteiger partial charge in [-0.15, -0.1) is 22.7 Å². The zero-order valence-electron chi connectivity index (χ0n) is 15.3. The highest BCUT2D eigenvalue weighted by atomic mass is 32.1. The van der Waals surface area contributed by atoms with Crippen LogP contribution in [0, 0.1) is 5.82 Å². The van der Waals surface area contributed by atoms with Gasteiger partial charge in [0.25, 0.3) is 5.56 Å². The van der Waals surface area contributed by atoms with Gasteiger partial charge in [-0.1, -0.05) is 6.07 Å². The quantitative estimate of drug-likeness (QED) is 0.431. The monoisotopic (exact) mass is 430 g/mol. The number of nitrogens with zero attached hydrogens (tertiary/aromatic N) is 2. The summed E-state index contributed by atoms with van der Waals surface area (Å²) in [4.78, 5) is 31.1. The molecule has 0 atom stereocenters. The van der Waals surface area contributed by atoms with E-state index in [4.69, 9.17) is 9.47 Å². The van der Waals surface area contributed by atoms with E-state index in [1.54, 1.807) is 0 Å². The van der Waals surface area contributed by atoms with Crippen LogP contribution in [0.4, 0.5) is 4.39 Å². The number of aromatic nitrogens is 2. The van der Waals surface area contributed by atoms with E-state index in [1.165, 1.54) is 58.9 Å². The molecule has 1 aromatic carbocycles. The summed E-state index contributed by atoms with van der Waals surface area (Å²) in [5.74, 6) is -0.674. The van der Waals surface area contributed by atoms with Crippen LogP contribution in [0.5, 0.6) is 5.75 Å². The Morgan fingerprint density at radius 1 is 1.28 bits per heavy atom. The Hall–Kier alpha value is -3.04. The van der Waals surface area contributed by atoms with E-state index >= 15 is 0 Å². The molecule has 0 saturated carbocycles. The van der Waals surface area contributed by atoms with Crippen molar-refractivity contribution in [2.45, 2.75) is 13.2 Å². The fourth-order valence-corrected chi connectivity index (χ4v) is 4.62. The second-order valence-corrected chi connectivity index (χ2v) is 7.91. The smallest absolute Gasteiger partial charge is 0.326 e. The van der Waals surface area contributed by atoms with Crippen molar-refractivity contribution in [3.05, 3.63) is 69.2 Å². The van der Waals surface area contributed by atoms with E-state index in [2.05, 4.69) is 4.98 Å². The maximum atomic E-state index is 13.4. The minimum atomic E-state index is -0.632. The molecule has 3 heterocycles. The first-order chi connectivity index (χ1) is 14.1. The molecule has 4 aromatic rings. The Labute approximate surface area is 172 Å². The summed E-state index contributed by atoms with van der Waals surface area (Å²) in [6.45, 7) is -0.456. The van der Waals surface area contributed by atoms with Crippen LogP contribution >= 0.6 is 22.7 Å². The lowest BCUT2D eigenvalue weighted by Gasteiger charge is -2.10. The maximum absolute atomic E-state index is 13.4. The van der Waals surface area contributed by atoms with E-state index in [-0.39, 0.29) is 18.7 Å². The van der Waals surface area contributed by atoms with Crippen molar-refractivity contribution in [1.29, 1.82) is 0 Å². The summed E-state index contributed by atoms with van der Waals surface area (Å²) < 4.78 is 25.0. The molecule has 4 rings (SSSR count). The van der Waals surface area contributed by atoms with Crippen molar-refractivity contribution in [2.75, 3.05) is 7.11 Å². The van der Waals surface area contributed by atoms with Gasteiger partial charge < -0.3 is 9.47 Å². The van der Waals surface area contributed by atoms with Crippen LogP contribution in [0.25, 0.3) is 20.7 Å². The third-order valence-corrected chi connectivity index (χ3v) is 6.07. The molecule has 0 aliphatic rings. The first-order valence-electron chi connectivity index (χ1n) is 8.55. The molecule has 0 N–H and O–H groups in total. The molecular weight excluding hydrogens is 415 g/mol. The molecule has 0 spiro atoms. The fourth-order valence-electron chi connectivity index (χ4n) is 2.90. The van der Waals surface area contributed by atoms with Gasteiger partial charge in [0, 0.05) is 21.4 Å². The number of halogens is 1. The van der Waals surface area contributed by atoms with Crippen LogP contribution in [0.15, 0.2) is 52.2 Å². The van der Waals surface area contributed by atoms with Crippen LogP contribution in [-0.2, 0) is 22.7 Å². The summed E-state index contributed by atoms with van der Waals surface area (Å²) in [5, 5.41) is 4.31. The maximum Gasteiger partial charge on any atom is 0.326 e. The summed E-state index contributed by atoms with van der Waals surface area (Å²) in [6, 6.07) is 7.81. The number of ether oxygens (including phenoxy) is 2. The van der Waals surface area contributed by atoms with Crippen LogP contribution < -0.4 is 10.3 Å². The molecule has 0 saturated heterocycles. The summed E-state index contributed by atoms with van der Waals surface area (Å²) >= 11 is 2.91. The summed E-state index contributed by atoms with van der Waals surface area (Å²) in [6.07, 6.45) is 1.34. The third kappa shape index (κ3) is 3.92. The number of fused-ring (bicyclic) bond motifs is 1. The predicted octanol–water partition coefficient (Wildman–Crippen LogP) is 4.08. The lowest BCUT2D eigenvalue weighted by molar-refractivity contribution is -0.145. The largest absolute Gasteiger partial charge is 0.496 e. The first-order valence-corrected chi connectivity index (χ1v) is 10.3. The number of hydrogen-bond donors (Lipinski definition) is 0. The van der Waals surface area contributed by atoms with Gasteiger partial charge in [-0.05, 0) is 29.6 Å². The lowest BCUT2D eigenvalue weighted by atomic mass is 10.2. The van der Waals surface area contributed by atoms with Gasteiger partial charge in [0.15, 0.2) is 0 Å². The van der Waals surface area contributed by atoms with Gasteiger partial charge in [-0.2, -0.15) is 0 Å². The molecule has 29 heavy (non-hydrogen) atoms. The van der Waals surface area contributed by atoms with Crippen LogP contribution in [0.3, 0.4) is 0 Å². The van der Waals surface area contributed by atoms with Crippen molar-refractivity contribution < 1.29 is 18.7 Å². The predicted molar refractivity (Wildman–Crippen MR) is 110 cm³/mol. The fraction of sp³-hybridized carbons (Fsp3) is 0.150. The molecule has 9 heteroatoms. The molecule has 0 aliphatic heterocycles. The van der Waals surface area contributed by atoms with E-state index in [1.807, 2.05) is 22.9 Å². The van der Waals surface area contributed by atoms with E-state index in [0.29, 0.717) is 21.5 Å². The van der Waals surface area contributed by atoms with E-state index in [9.17, 15) is 14.0 Å². The van der Waals surface area contributed by atoms with Gasteiger partial charge in [-0.3, -0.25) is 14.2 Å². The molecule has 6 nitrogen and oxygen atoms in total. The highest BCUT2D eigenvalue weighted by molar-refractivity contribution is 7.18. The number of carbonyl (C=O) groups excluding carboxylic acids is 1. The summed E-state index contributed by atoms with van der Waals surface area (Å²) in [7, 11) is 1.45. The topological polar surface area (TPSA) is 70.4 Å². The SMILES string of the molecule is COc1ccc(F)cc1COC(=O)Cn1cnc2scc(-c3cccs3)c2c1=O. The number of thiophene rings is 2. The molecule has 0 aliphatic carbocycles. The van der Waals surface area contributed by atoms with Crippen molar-refractivity contribution >= 4 is 38.9 Å². The number of hydrogen-bond acceptors (Lipinski definition) is 7. The summed E-state index contributed by atoms with van der Waals surface area (Å²) in [5.41, 5.74) is 0.907. The minimum Gasteiger partial charge on any atom is -0.496 e. The second-order valence-electron chi connectivity index (χ2n) is 6.10. The zero-order chi connectivity index (χ0) is 20.4. The lowest BCUT2D eigenvalue weighted by Crippen LogP contribution is -2.25. The van der Waals surface area contributed by atoms with Gasteiger partial charge in [0.05, 0.1) is 18.8 Å². The molecule has 0 amide bonds. The number of carbonyl (C=O) groups is 1. The zero-order valence-corrected chi connectivity index (χ0v) is 16.9. The Kier molecular flexibility index (Phi) is 5.41. The van der Waals surface area contributed by atoms with Crippen molar-refractivity contribution in [3.63, 3.8) is 0 Å². The van der Waals surface area contributed by atoms with Gasteiger partial charge in [0.1, 0.15) is 29.5 Å². The molecule has 0 bridgehead atoms. The molecule has 3 aromatic heterocycles. The molecule has 0 unspecified atom stereocenters. The average Bonchev–Trinajstić information content (AvgIpc) is 3.38. The Morgan fingerprint density at radius 3 is 2.90 bits per heavy atom. The van der Waals surface area contributed by atoms with Crippen LogP contribution in [0.2, 0.25) is 0 Å². The van der Waals surface area contributed by atoms with Gasteiger partial charge >= 0.3 is 5.97 Å². The molecular formula is C20H15FN2O4S2. The minimum absolute atomic E-state index is 0.164. The first kappa shape index (κ1) is 19.3. The van der Waals surface area contributed by atoms with Crippen molar-refractivity contribution in [3.8, 4) is 16.2 Å². The third-order valence-electron chi connectivity index (χ3n) is 4.28. The normalized spacial score (nSPS) is 11.0. The molecule has 148 valence electrons. The van der Waals surface area contributed by atoms with Crippen LogP contribution in [-0.4, -0.2) is 22.6 Å². The Bertz CT molecular complexity index is 1230. The van der Waals surface area contributed by atoms with Crippen molar-refractivity contribution in [1.82, 2.24) is 9.55 Å². The number of esters is 1. The van der Waals surface area contributed by atoms with Gasteiger partial charge in [0.2, 0.25) is 0 Å². The Morgan fingerprint density at radius 2 is 2.14 bits per heavy atom. The molecule has 0 fully saturated rings. The number of rotatable bonds is 6. The highest BCUT2D eigenvalue weighted by Crippen LogP contribution is 2.33. The van der Waals surface area contributed by atoms with Crippen LogP contribution in [0.1, 0.15) is 5.56 Å². The van der Waals surface area contributed by atoms with Gasteiger partial charge in [-0.25, -0.2) is 9.37 Å². The van der Waals surface area contributed by atoms with E-state index in [0.717, 1.165) is 10.4 Å². The molecule has 0 radical (unpaired) electrons. The average molecular weight is 430 g/mol.